The summed E-state index contributed by atoms with van der Waals surface area (Å²) in [5, 5.41) is 6.62. The third-order valence-electron chi connectivity index (χ3n) is 2.91. The van der Waals surface area contributed by atoms with E-state index in [4.69, 9.17) is 21.1 Å². The van der Waals surface area contributed by atoms with Gasteiger partial charge in [0, 0.05) is 24.2 Å². The van der Waals surface area contributed by atoms with Gasteiger partial charge in [-0.3, -0.25) is 4.79 Å². The van der Waals surface area contributed by atoms with Crippen LogP contribution in [0.4, 0.5) is 0 Å². The monoisotopic (exact) mass is 284 g/mol. The van der Waals surface area contributed by atoms with Crippen molar-refractivity contribution in [2.24, 2.45) is 0 Å². The number of halogens is 1. The van der Waals surface area contributed by atoms with Crippen molar-refractivity contribution in [3.8, 4) is 5.75 Å². The normalized spacial score (nSPS) is 18.9. The lowest BCUT2D eigenvalue weighted by Gasteiger charge is -2.24. The molecule has 2 N–H and O–H groups in total. The summed E-state index contributed by atoms with van der Waals surface area (Å²) in [6.07, 6.45) is 0. The Hall–Kier alpha value is -1.30. The summed E-state index contributed by atoms with van der Waals surface area (Å²) < 4.78 is 10.5. The van der Waals surface area contributed by atoms with E-state index in [0.29, 0.717) is 36.1 Å². The average molecular weight is 285 g/mol. The van der Waals surface area contributed by atoms with Gasteiger partial charge in [-0.2, -0.15) is 0 Å². The molecule has 0 spiro atoms. The number of carbonyl (C=O) groups is 1. The largest absolute Gasteiger partial charge is 0.496 e. The number of nitrogens with one attached hydrogen (secondary N) is 2. The highest BCUT2D eigenvalue weighted by Gasteiger charge is 2.17. The standard InChI is InChI=1S/C13H17ClN2O3/c1-18-12-3-2-9(14)6-11(12)13(17)16-7-10-8-19-5-4-15-10/h2-3,6,10,15H,4-5,7-8H2,1H3,(H,16,17). The van der Waals surface area contributed by atoms with Crippen LogP contribution in [0.15, 0.2) is 18.2 Å². The van der Waals surface area contributed by atoms with Gasteiger partial charge in [-0.05, 0) is 18.2 Å². The van der Waals surface area contributed by atoms with E-state index in [1.54, 1.807) is 18.2 Å². The van der Waals surface area contributed by atoms with E-state index in [1.807, 2.05) is 0 Å². The minimum atomic E-state index is -0.202. The molecule has 1 aromatic rings. The van der Waals surface area contributed by atoms with E-state index < -0.39 is 0 Å². The lowest BCUT2D eigenvalue weighted by Crippen LogP contribution is -2.48. The molecule has 1 aliphatic heterocycles. The van der Waals surface area contributed by atoms with Crippen molar-refractivity contribution >= 4 is 17.5 Å². The van der Waals surface area contributed by atoms with Crippen LogP contribution in [0.3, 0.4) is 0 Å². The molecule has 19 heavy (non-hydrogen) atoms. The third kappa shape index (κ3) is 3.83. The third-order valence-corrected chi connectivity index (χ3v) is 3.15. The Morgan fingerprint density at radius 1 is 1.63 bits per heavy atom. The van der Waals surface area contributed by atoms with Crippen molar-refractivity contribution in [3.05, 3.63) is 28.8 Å². The van der Waals surface area contributed by atoms with Crippen LogP contribution in [0.2, 0.25) is 5.02 Å². The summed E-state index contributed by atoms with van der Waals surface area (Å²) in [5.74, 6) is 0.307. The van der Waals surface area contributed by atoms with E-state index in [-0.39, 0.29) is 11.9 Å². The molecule has 1 atom stereocenters. The number of methoxy groups -OCH3 is 1. The Morgan fingerprint density at radius 3 is 3.16 bits per heavy atom. The fourth-order valence-corrected chi connectivity index (χ4v) is 2.09. The van der Waals surface area contributed by atoms with Crippen molar-refractivity contribution in [2.45, 2.75) is 6.04 Å². The number of ether oxygens (including phenoxy) is 2. The fraction of sp³-hybridized carbons (Fsp3) is 0.462. The van der Waals surface area contributed by atoms with Gasteiger partial charge in [-0.25, -0.2) is 0 Å². The van der Waals surface area contributed by atoms with Gasteiger partial charge in [0.15, 0.2) is 0 Å². The first-order valence-corrected chi connectivity index (χ1v) is 6.51. The second-order valence-corrected chi connectivity index (χ2v) is 4.72. The number of carbonyl (C=O) groups excluding carboxylic acids is 1. The summed E-state index contributed by atoms with van der Waals surface area (Å²) in [6.45, 7) is 2.63. The van der Waals surface area contributed by atoms with Crippen LogP contribution in [-0.4, -0.2) is 45.4 Å². The zero-order chi connectivity index (χ0) is 13.7. The Bertz CT molecular complexity index is 448. The molecule has 0 radical (unpaired) electrons. The zero-order valence-corrected chi connectivity index (χ0v) is 11.5. The summed E-state index contributed by atoms with van der Waals surface area (Å²) in [7, 11) is 1.52. The molecule has 1 fully saturated rings. The number of hydrogen-bond donors (Lipinski definition) is 2. The lowest BCUT2D eigenvalue weighted by atomic mass is 10.2. The molecule has 0 bridgehead atoms. The minimum Gasteiger partial charge on any atom is -0.496 e. The van der Waals surface area contributed by atoms with Gasteiger partial charge < -0.3 is 20.1 Å². The van der Waals surface area contributed by atoms with Gasteiger partial charge in [0.25, 0.3) is 5.91 Å². The van der Waals surface area contributed by atoms with Gasteiger partial charge in [0.2, 0.25) is 0 Å². The second kappa shape index (κ2) is 6.75. The van der Waals surface area contributed by atoms with Gasteiger partial charge in [-0.1, -0.05) is 11.6 Å². The molecular weight excluding hydrogens is 268 g/mol. The van der Waals surface area contributed by atoms with Gasteiger partial charge in [-0.15, -0.1) is 0 Å². The molecule has 1 aromatic carbocycles. The van der Waals surface area contributed by atoms with Crippen LogP contribution in [0.5, 0.6) is 5.75 Å². The molecule has 1 amide bonds. The Labute approximate surface area is 117 Å². The molecule has 0 aliphatic carbocycles. The first-order chi connectivity index (χ1) is 9.20. The molecule has 104 valence electrons. The predicted octanol–water partition coefficient (Wildman–Crippen LogP) is 1.07. The fourth-order valence-electron chi connectivity index (χ4n) is 1.92. The summed E-state index contributed by atoms with van der Waals surface area (Å²) in [4.78, 5) is 12.1. The first-order valence-electron chi connectivity index (χ1n) is 6.13. The summed E-state index contributed by atoms with van der Waals surface area (Å²) in [5.41, 5.74) is 0.437. The van der Waals surface area contributed by atoms with Crippen LogP contribution < -0.4 is 15.4 Å². The zero-order valence-electron chi connectivity index (χ0n) is 10.7. The molecule has 1 heterocycles. The smallest absolute Gasteiger partial charge is 0.255 e. The van der Waals surface area contributed by atoms with E-state index in [0.717, 1.165) is 6.54 Å². The van der Waals surface area contributed by atoms with Crippen LogP contribution >= 0.6 is 11.6 Å². The van der Waals surface area contributed by atoms with Gasteiger partial charge in [0.05, 0.1) is 25.9 Å². The average Bonchev–Trinajstić information content (AvgIpc) is 2.46. The number of hydrogen-bond acceptors (Lipinski definition) is 4. The van der Waals surface area contributed by atoms with E-state index in [2.05, 4.69) is 10.6 Å². The van der Waals surface area contributed by atoms with Crippen molar-refractivity contribution < 1.29 is 14.3 Å². The highest BCUT2D eigenvalue weighted by molar-refractivity contribution is 6.31. The maximum absolute atomic E-state index is 12.1. The molecular formula is C13H17ClN2O3. The van der Waals surface area contributed by atoms with Crippen molar-refractivity contribution in [2.75, 3.05) is 33.4 Å². The second-order valence-electron chi connectivity index (χ2n) is 4.28. The van der Waals surface area contributed by atoms with Crippen molar-refractivity contribution in [1.29, 1.82) is 0 Å². The molecule has 1 saturated heterocycles. The molecule has 5 nitrogen and oxygen atoms in total. The first kappa shape index (κ1) is 14.1. The minimum absolute atomic E-state index is 0.142. The topological polar surface area (TPSA) is 59.6 Å². The number of amides is 1. The molecule has 1 unspecified atom stereocenters. The number of benzene rings is 1. The summed E-state index contributed by atoms with van der Waals surface area (Å²) in [6, 6.07) is 5.11. The van der Waals surface area contributed by atoms with Crippen molar-refractivity contribution in [3.63, 3.8) is 0 Å². The van der Waals surface area contributed by atoms with Gasteiger partial charge >= 0.3 is 0 Å². The molecule has 2 rings (SSSR count). The molecule has 0 aromatic heterocycles. The Kier molecular flexibility index (Phi) is 5.01. The molecule has 1 aliphatic rings. The molecule has 6 heteroatoms. The SMILES string of the molecule is COc1ccc(Cl)cc1C(=O)NCC1COCCN1. The maximum atomic E-state index is 12.1. The highest BCUT2D eigenvalue weighted by Crippen LogP contribution is 2.22. The molecule has 0 saturated carbocycles. The van der Waals surface area contributed by atoms with Crippen LogP contribution in [-0.2, 0) is 4.74 Å². The Balaban J connectivity index is 1.97. The van der Waals surface area contributed by atoms with E-state index in [9.17, 15) is 4.79 Å². The van der Waals surface area contributed by atoms with Crippen LogP contribution in [0.1, 0.15) is 10.4 Å². The number of rotatable bonds is 4. The van der Waals surface area contributed by atoms with Crippen LogP contribution in [0.25, 0.3) is 0 Å². The predicted molar refractivity (Wildman–Crippen MR) is 72.9 cm³/mol. The number of morpholine rings is 1. The summed E-state index contributed by atoms with van der Waals surface area (Å²) >= 11 is 5.90. The van der Waals surface area contributed by atoms with Crippen LogP contribution in [0, 0.1) is 0 Å². The Morgan fingerprint density at radius 2 is 2.47 bits per heavy atom. The van der Waals surface area contributed by atoms with Crippen molar-refractivity contribution in [1.82, 2.24) is 10.6 Å². The maximum Gasteiger partial charge on any atom is 0.255 e. The quantitative estimate of drug-likeness (QED) is 0.868. The highest BCUT2D eigenvalue weighted by atomic mass is 35.5. The lowest BCUT2D eigenvalue weighted by molar-refractivity contribution is 0.0734. The van der Waals surface area contributed by atoms with E-state index >= 15 is 0 Å². The van der Waals surface area contributed by atoms with E-state index in [1.165, 1.54) is 7.11 Å². The van der Waals surface area contributed by atoms with Gasteiger partial charge in [0.1, 0.15) is 5.75 Å².